The molecule has 0 aliphatic rings. The molecular weight excluding hydrogens is 284 g/mol. The van der Waals surface area contributed by atoms with Crippen molar-refractivity contribution >= 4 is 21.5 Å². The van der Waals surface area contributed by atoms with Crippen molar-refractivity contribution in [1.29, 1.82) is 0 Å². The van der Waals surface area contributed by atoms with Gasteiger partial charge in [-0.05, 0) is 47.9 Å². The Labute approximate surface area is 116 Å². The topological polar surface area (TPSA) is 73.3 Å². The van der Waals surface area contributed by atoms with Gasteiger partial charge in [0.2, 0.25) is 6.20 Å². The van der Waals surface area contributed by atoms with Gasteiger partial charge in [0.25, 0.3) is 0 Å². The van der Waals surface area contributed by atoms with Crippen molar-refractivity contribution in [2.45, 2.75) is 25.7 Å². The predicted octanol–water partition coefficient (Wildman–Crippen LogP) is 1.44. The van der Waals surface area contributed by atoms with Crippen LogP contribution in [0.2, 0.25) is 0 Å². The Hall–Kier alpha value is -1.60. The van der Waals surface area contributed by atoms with Crippen molar-refractivity contribution in [3.63, 3.8) is 0 Å². The molecule has 1 aromatic carbocycles. The first kappa shape index (κ1) is 13.8. The van der Waals surface area contributed by atoms with Crippen LogP contribution in [0.3, 0.4) is 0 Å². The Morgan fingerprint density at radius 3 is 2.26 bits per heavy atom. The normalized spacial score (nSPS) is 11.5. The molecule has 7 heteroatoms. The second kappa shape index (κ2) is 4.82. The fraction of sp³-hybridized carbons (Fsp3) is 0.250. The van der Waals surface area contributed by atoms with Crippen LogP contribution in [-0.4, -0.2) is 8.42 Å². The van der Waals surface area contributed by atoms with E-state index in [1.165, 1.54) is 6.20 Å². The van der Waals surface area contributed by atoms with E-state index >= 15 is 0 Å². The lowest BCUT2D eigenvalue weighted by Gasteiger charge is -2.10. The van der Waals surface area contributed by atoms with E-state index in [1.54, 1.807) is 19.2 Å². The molecule has 19 heavy (non-hydrogen) atoms. The highest BCUT2D eigenvalue weighted by molar-refractivity contribution is 7.87. The number of rotatable bonds is 3. The van der Waals surface area contributed by atoms with Crippen molar-refractivity contribution < 1.29 is 17.3 Å². The van der Waals surface area contributed by atoms with Crippen molar-refractivity contribution in [2.24, 2.45) is 0 Å². The Kier molecular flexibility index (Phi) is 3.51. The molecule has 0 saturated carbocycles. The first-order valence-corrected chi connectivity index (χ1v) is 7.86. The van der Waals surface area contributed by atoms with Crippen LogP contribution in [0.5, 0.6) is 5.19 Å². The molecule has 1 heterocycles. The van der Waals surface area contributed by atoms with E-state index in [4.69, 9.17) is 10.0 Å². The summed E-state index contributed by atoms with van der Waals surface area (Å²) in [5, 5.41) is 1.78. The quantitative estimate of drug-likeness (QED) is 0.529. The lowest BCUT2D eigenvalue weighted by Crippen LogP contribution is -2.43. The zero-order chi connectivity index (χ0) is 14.2. The molecule has 2 rings (SSSR count). The van der Waals surface area contributed by atoms with Gasteiger partial charge in [-0.2, -0.15) is 8.42 Å². The number of nitrogens with two attached hydrogens (primary N) is 1. The summed E-state index contributed by atoms with van der Waals surface area (Å²) < 4.78 is 30.9. The largest absolute Gasteiger partial charge is 0.475 e. The molecule has 0 bridgehead atoms. The SMILES string of the molecule is Cc1cc(C)c(S(=O)(=O)Oc2scc[n+]2N)c(C)c1. The van der Waals surface area contributed by atoms with Crippen LogP contribution in [0.25, 0.3) is 0 Å². The number of nitrogen functional groups attached to an aromatic ring is 1. The first-order chi connectivity index (χ1) is 8.81. The molecule has 102 valence electrons. The third-order valence-electron chi connectivity index (χ3n) is 2.64. The third-order valence-corrected chi connectivity index (χ3v) is 5.02. The van der Waals surface area contributed by atoms with Crippen LogP contribution in [0, 0.1) is 20.8 Å². The van der Waals surface area contributed by atoms with Crippen LogP contribution in [0.4, 0.5) is 0 Å². The highest BCUT2D eigenvalue weighted by atomic mass is 32.2. The van der Waals surface area contributed by atoms with Crippen LogP contribution in [0.1, 0.15) is 16.7 Å². The first-order valence-electron chi connectivity index (χ1n) is 5.58. The minimum absolute atomic E-state index is 0.124. The van der Waals surface area contributed by atoms with Gasteiger partial charge in [-0.25, -0.2) is 5.84 Å². The minimum atomic E-state index is -3.87. The summed E-state index contributed by atoms with van der Waals surface area (Å²) in [6.07, 6.45) is 1.53. The summed E-state index contributed by atoms with van der Waals surface area (Å²) in [5.41, 5.74) is 2.34. The van der Waals surface area contributed by atoms with Crippen LogP contribution >= 0.6 is 11.3 Å². The number of aromatic nitrogens is 1. The molecule has 2 N–H and O–H groups in total. The average Bonchev–Trinajstić information content (AvgIpc) is 2.61. The molecule has 0 fully saturated rings. The van der Waals surface area contributed by atoms with E-state index in [2.05, 4.69) is 0 Å². The van der Waals surface area contributed by atoms with Gasteiger partial charge in [0.1, 0.15) is 4.90 Å². The Balaban J connectivity index is 2.49. The predicted molar refractivity (Wildman–Crippen MR) is 73.1 cm³/mol. The number of hydrogen-bond acceptors (Lipinski definition) is 5. The van der Waals surface area contributed by atoms with Crippen molar-refractivity contribution in [1.82, 2.24) is 0 Å². The summed E-state index contributed by atoms with van der Waals surface area (Å²) in [4.78, 5) is 0.200. The number of nitrogens with zero attached hydrogens (tertiary/aromatic N) is 1. The lowest BCUT2D eigenvalue weighted by atomic mass is 10.1. The van der Waals surface area contributed by atoms with Gasteiger partial charge in [0, 0.05) is 0 Å². The monoisotopic (exact) mass is 299 g/mol. The molecule has 1 aromatic heterocycles. The second-order valence-corrected chi connectivity index (χ2v) is 6.68. The number of hydrogen-bond donors (Lipinski definition) is 1. The van der Waals surface area contributed by atoms with Crippen LogP contribution < -0.4 is 14.7 Å². The maximum atomic E-state index is 12.3. The molecule has 0 atom stereocenters. The molecule has 0 radical (unpaired) electrons. The summed E-state index contributed by atoms with van der Waals surface area (Å²) in [5.74, 6) is 5.56. The minimum Gasteiger partial charge on any atom is -0.308 e. The molecule has 0 unspecified atom stereocenters. The fourth-order valence-electron chi connectivity index (χ4n) is 2.04. The van der Waals surface area contributed by atoms with Gasteiger partial charge in [-0.1, -0.05) is 17.7 Å². The van der Waals surface area contributed by atoms with E-state index in [0.717, 1.165) is 21.6 Å². The smallest absolute Gasteiger partial charge is 0.308 e. The van der Waals surface area contributed by atoms with E-state index in [0.29, 0.717) is 11.1 Å². The molecular formula is C12H15N2O3S2+. The number of aryl methyl sites for hydroxylation is 3. The Bertz CT molecular complexity index is 697. The van der Waals surface area contributed by atoms with Crippen LogP contribution in [-0.2, 0) is 10.1 Å². The highest BCUT2D eigenvalue weighted by Crippen LogP contribution is 2.25. The maximum absolute atomic E-state index is 12.3. The van der Waals surface area contributed by atoms with Crippen molar-refractivity contribution in [3.8, 4) is 5.19 Å². The zero-order valence-electron chi connectivity index (χ0n) is 10.9. The third kappa shape index (κ3) is 2.71. The Morgan fingerprint density at radius 1 is 1.21 bits per heavy atom. The number of thiazole rings is 1. The van der Waals surface area contributed by atoms with E-state index < -0.39 is 10.1 Å². The summed E-state index contributed by atoms with van der Waals surface area (Å²) in [6, 6.07) is 3.63. The molecule has 0 amide bonds. The van der Waals surface area contributed by atoms with Gasteiger partial charge in [0.05, 0.1) is 5.38 Å². The van der Waals surface area contributed by atoms with Gasteiger partial charge < -0.3 is 4.18 Å². The lowest BCUT2D eigenvalue weighted by molar-refractivity contribution is -0.637. The molecule has 0 aliphatic heterocycles. The highest BCUT2D eigenvalue weighted by Gasteiger charge is 2.27. The number of benzene rings is 1. The van der Waals surface area contributed by atoms with Gasteiger partial charge >= 0.3 is 15.3 Å². The van der Waals surface area contributed by atoms with Gasteiger partial charge in [-0.3, -0.25) is 0 Å². The van der Waals surface area contributed by atoms with E-state index in [9.17, 15) is 8.42 Å². The molecule has 0 spiro atoms. The summed E-state index contributed by atoms with van der Waals surface area (Å²) >= 11 is 1.12. The maximum Gasteiger partial charge on any atom is 0.475 e. The summed E-state index contributed by atoms with van der Waals surface area (Å²) in [6.45, 7) is 5.42. The van der Waals surface area contributed by atoms with Crippen molar-refractivity contribution in [2.75, 3.05) is 5.84 Å². The molecule has 0 saturated heterocycles. The standard InChI is InChI=1S/C12H15N2O3S2/c1-8-6-9(2)11(10(3)7-8)19(15,16)17-12-14(13)4-5-18-12/h4-7H,13H2,1-3H3/q+1. The van der Waals surface area contributed by atoms with Gasteiger partial charge in [0.15, 0.2) is 0 Å². The van der Waals surface area contributed by atoms with Gasteiger partial charge in [-0.15, -0.1) is 0 Å². The molecule has 5 nitrogen and oxygen atoms in total. The van der Waals surface area contributed by atoms with E-state index in [1.807, 2.05) is 19.1 Å². The summed E-state index contributed by atoms with van der Waals surface area (Å²) in [7, 11) is -3.87. The zero-order valence-corrected chi connectivity index (χ0v) is 12.5. The molecule has 2 aromatic rings. The van der Waals surface area contributed by atoms with E-state index in [-0.39, 0.29) is 10.1 Å². The molecule has 0 aliphatic carbocycles. The fourth-order valence-corrected chi connectivity index (χ4v) is 4.22. The Morgan fingerprint density at radius 2 is 1.79 bits per heavy atom. The van der Waals surface area contributed by atoms with Crippen molar-refractivity contribution in [3.05, 3.63) is 40.4 Å². The second-order valence-electron chi connectivity index (χ2n) is 4.34. The van der Waals surface area contributed by atoms with Crippen LogP contribution in [0.15, 0.2) is 28.6 Å². The average molecular weight is 299 g/mol.